The summed E-state index contributed by atoms with van der Waals surface area (Å²) in [5.74, 6) is 0. The quantitative estimate of drug-likeness (QED) is 0.417. The van der Waals surface area contributed by atoms with Gasteiger partial charge in [-0.15, -0.1) is 7.92 Å². The van der Waals surface area contributed by atoms with Crippen molar-refractivity contribution in [1.82, 2.24) is 4.90 Å². The molecular weight excluding hydrogens is 313 g/mol. The van der Waals surface area contributed by atoms with Crippen molar-refractivity contribution in [2.75, 3.05) is 64.5 Å². The van der Waals surface area contributed by atoms with E-state index in [1.807, 2.05) is 0 Å². The zero-order valence-electron chi connectivity index (χ0n) is 15.5. The minimum Gasteiger partial charge on any atom is -0.394 e. The number of hydrogen-bond donors (Lipinski definition) is 2. The first kappa shape index (κ1) is 23.2. The Balaban J connectivity index is 4.29. The summed E-state index contributed by atoms with van der Waals surface area (Å²) in [4.78, 5) is 2.46. The molecule has 0 spiro atoms. The minimum atomic E-state index is -0.153. The molecule has 0 saturated heterocycles. The van der Waals surface area contributed by atoms with Crippen molar-refractivity contribution < 1.29 is 19.7 Å². The summed E-state index contributed by atoms with van der Waals surface area (Å²) >= 11 is 0. The molecular formula is C17H38NO4P. The van der Waals surface area contributed by atoms with Crippen molar-refractivity contribution in [2.45, 2.75) is 46.3 Å². The van der Waals surface area contributed by atoms with E-state index in [9.17, 15) is 0 Å². The molecule has 0 saturated carbocycles. The van der Waals surface area contributed by atoms with Crippen LogP contribution in [0.15, 0.2) is 0 Å². The van der Waals surface area contributed by atoms with E-state index >= 15 is 0 Å². The summed E-state index contributed by atoms with van der Waals surface area (Å²) in [5.41, 5.74) is 0. The molecule has 0 bridgehead atoms. The second-order valence-corrected chi connectivity index (χ2v) is 8.47. The molecule has 0 amide bonds. The van der Waals surface area contributed by atoms with Gasteiger partial charge in [0.1, 0.15) is 0 Å². The predicted octanol–water partition coefficient (Wildman–Crippen LogP) is 1.99. The maximum Gasteiger partial charge on any atom is 0.0701 e. The second kappa shape index (κ2) is 15.7. The van der Waals surface area contributed by atoms with Crippen LogP contribution in [0.1, 0.15) is 34.1 Å². The van der Waals surface area contributed by atoms with E-state index < -0.39 is 0 Å². The molecule has 0 aromatic rings. The number of aliphatic hydroxyl groups excluding tert-OH is 2. The predicted molar refractivity (Wildman–Crippen MR) is 98.9 cm³/mol. The summed E-state index contributed by atoms with van der Waals surface area (Å²) in [5, 5.41) is 17.8. The van der Waals surface area contributed by atoms with Gasteiger partial charge in [0.25, 0.3) is 0 Å². The molecule has 5 nitrogen and oxygen atoms in total. The monoisotopic (exact) mass is 351 g/mol. The minimum absolute atomic E-state index is 0.0836. The first-order valence-corrected chi connectivity index (χ1v) is 10.9. The van der Waals surface area contributed by atoms with Crippen molar-refractivity contribution in [3.05, 3.63) is 0 Å². The molecule has 0 aromatic carbocycles. The summed E-state index contributed by atoms with van der Waals surface area (Å²) in [6, 6.07) is 0. The van der Waals surface area contributed by atoms with Crippen LogP contribution in [0.25, 0.3) is 0 Å². The maximum atomic E-state index is 8.88. The van der Waals surface area contributed by atoms with Crippen molar-refractivity contribution in [3.8, 4) is 0 Å². The highest BCUT2D eigenvalue weighted by Crippen LogP contribution is 2.38. The van der Waals surface area contributed by atoms with Gasteiger partial charge in [-0.05, 0) is 58.4 Å². The number of nitrogens with zero attached hydrogens (tertiary/aromatic N) is 1. The van der Waals surface area contributed by atoms with Crippen LogP contribution >= 0.6 is 7.92 Å². The van der Waals surface area contributed by atoms with Crippen LogP contribution in [-0.2, 0) is 9.47 Å². The van der Waals surface area contributed by atoms with Gasteiger partial charge >= 0.3 is 0 Å². The van der Waals surface area contributed by atoms with Crippen LogP contribution in [0.5, 0.6) is 0 Å². The van der Waals surface area contributed by atoms with Crippen molar-refractivity contribution >= 4 is 7.92 Å². The highest BCUT2D eigenvalue weighted by molar-refractivity contribution is 7.57. The lowest BCUT2D eigenvalue weighted by atomic mass is 10.4. The lowest BCUT2D eigenvalue weighted by molar-refractivity contribution is 0.0479. The zero-order valence-corrected chi connectivity index (χ0v) is 16.4. The molecule has 0 fully saturated rings. The Kier molecular flexibility index (Phi) is 15.9. The molecule has 0 rings (SSSR count). The Morgan fingerprint density at radius 2 is 1.39 bits per heavy atom. The molecule has 0 heterocycles. The second-order valence-electron chi connectivity index (χ2n) is 5.95. The summed E-state index contributed by atoms with van der Waals surface area (Å²) in [6.07, 6.45) is 4.93. The first-order valence-electron chi connectivity index (χ1n) is 8.96. The number of ether oxygens (including phenoxy) is 2. The largest absolute Gasteiger partial charge is 0.394 e. The molecule has 0 radical (unpaired) electrons. The SMILES string of the molecule is CCN(CC)CCCP(CC(C)OCCO)CC(C)OCCO. The van der Waals surface area contributed by atoms with Gasteiger partial charge < -0.3 is 24.6 Å². The van der Waals surface area contributed by atoms with Crippen LogP contribution in [0.4, 0.5) is 0 Å². The molecule has 6 heteroatoms. The first-order chi connectivity index (χ1) is 11.1. The van der Waals surface area contributed by atoms with E-state index in [-0.39, 0.29) is 33.3 Å². The van der Waals surface area contributed by atoms with Crippen LogP contribution in [0.3, 0.4) is 0 Å². The third-order valence-electron chi connectivity index (χ3n) is 3.86. The highest BCUT2D eigenvalue weighted by Gasteiger charge is 2.17. The molecule has 2 N–H and O–H groups in total. The molecule has 0 aliphatic rings. The number of rotatable bonds is 16. The normalized spacial score (nSPS) is 15.8. The average molecular weight is 351 g/mol. The number of hydrogen-bond acceptors (Lipinski definition) is 5. The molecule has 0 aromatic heterocycles. The van der Waals surface area contributed by atoms with E-state index in [1.165, 1.54) is 12.6 Å². The van der Waals surface area contributed by atoms with Crippen LogP contribution in [0.2, 0.25) is 0 Å². The summed E-state index contributed by atoms with van der Waals surface area (Å²) in [7, 11) is -0.153. The van der Waals surface area contributed by atoms with E-state index in [0.717, 1.165) is 32.0 Å². The molecule has 0 aliphatic carbocycles. The van der Waals surface area contributed by atoms with Gasteiger partial charge in [-0.25, -0.2) is 0 Å². The fourth-order valence-electron chi connectivity index (χ4n) is 2.66. The third-order valence-corrected chi connectivity index (χ3v) is 6.87. The van der Waals surface area contributed by atoms with E-state index in [0.29, 0.717) is 13.2 Å². The van der Waals surface area contributed by atoms with Crippen molar-refractivity contribution in [2.24, 2.45) is 0 Å². The van der Waals surface area contributed by atoms with Gasteiger partial charge in [0.2, 0.25) is 0 Å². The Hall–Kier alpha value is 0.230. The van der Waals surface area contributed by atoms with E-state index in [1.54, 1.807) is 0 Å². The smallest absolute Gasteiger partial charge is 0.0701 e. The Morgan fingerprint density at radius 3 is 1.78 bits per heavy atom. The van der Waals surface area contributed by atoms with Crippen molar-refractivity contribution in [1.29, 1.82) is 0 Å². The Morgan fingerprint density at radius 1 is 0.913 bits per heavy atom. The Bertz CT molecular complexity index is 239. The lowest BCUT2D eigenvalue weighted by Crippen LogP contribution is -2.25. The average Bonchev–Trinajstić information content (AvgIpc) is 2.54. The topological polar surface area (TPSA) is 62.2 Å². The van der Waals surface area contributed by atoms with E-state index in [2.05, 4.69) is 32.6 Å². The Labute approximate surface area is 144 Å². The van der Waals surface area contributed by atoms with Gasteiger partial charge in [0.15, 0.2) is 0 Å². The highest BCUT2D eigenvalue weighted by atomic mass is 31.1. The van der Waals surface area contributed by atoms with Crippen LogP contribution in [-0.4, -0.2) is 91.9 Å². The lowest BCUT2D eigenvalue weighted by Gasteiger charge is -2.26. The zero-order chi connectivity index (χ0) is 17.5. The molecule has 2 atom stereocenters. The summed E-state index contributed by atoms with van der Waals surface area (Å²) < 4.78 is 11.3. The number of aliphatic hydroxyl groups is 2. The molecule has 140 valence electrons. The fraction of sp³-hybridized carbons (Fsp3) is 1.00. The fourth-order valence-corrected chi connectivity index (χ4v) is 5.42. The summed E-state index contributed by atoms with van der Waals surface area (Å²) in [6.45, 7) is 13.0. The standard InChI is InChI=1S/C17H38NO4P/c1-5-18(6-2)8-7-13-23(14-16(3)21-11-9-19)15-17(4)22-12-10-20/h16-17,19-20H,5-15H2,1-4H3. The van der Waals surface area contributed by atoms with Crippen LogP contribution in [0, 0.1) is 0 Å². The maximum absolute atomic E-state index is 8.88. The molecule has 0 aliphatic heterocycles. The van der Waals surface area contributed by atoms with Gasteiger partial charge in [-0.1, -0.05) is 13.8 Å². The van der Waals surface area contributed by atoms with E-state index in [4.69, 9.17) is 19.7 Å². The van der Waals surface area contributed by atoms with Crippen LogP contribution < -0.4 is 0 Å². The van der Waals surface area contributed by atoms with Gasteiger partial charge in [-0.3, -0.25) is 0 Å². The van der Waals surface area contributed by atoms with Gasteiger partial charge in [0, 0.05) is 0 Å². The van der Waals surface area contributed by atoms with Crippen molar-refractivity contribution in [3.63, 3.8) is 0 Å². The molecule has 23 heavy (non-hydrogen) atoms. The van der Waals surface area contributed by atoms with Gasteiger partial charge in [0.05, 0.1) is 38.6 Å². The third kappa shape index (κ3) is 13.2. The molecule has 2 unspecified atom stereocenters. The van der Waals surface area contributed by atoms with Gasteiger partial charge in [-0.2, -0.15) is 0 Å².